The summed E-state index contributed by atoms with van der Waals surface area (Å²) >= 11 is 0. The van der Waals surface area contributed by atoms with E-state index in [0.29, 0.717) is 16.9 Å². The summed E-state index contributed by atoms with van der Waals surface area (Å²) in [4.78, 5) is 26.8. The molecule has 1 atom stereocenters. The molecule has 30 heavy (non-hydrogen) atoms. The van der Waals surface area contributed by atoms with Gasteiger partial charge in [0.1, 0.15) is 17.3 Å². The molecular weight excluding hydrogens is 389 g/mol. The minimum Gasteiger partial charge on any atom is -0.507 e. The molecule has 0 saturated carbocycles. The maximum absolute atomic E-state index is 13.4. The van der Waals surface area contributed by atoms with Gasteiger partial charge in [0.25, 0.3) is 11.7 Å². The van der Waals surface area contributed by atoms with Crippen LogP contribution in [0.1, 0.15) is 31.0 Å². The molecule has 1 amide bonds. The number of ether oxygens (including phenoxy) is 2. The lowest BCUT2D eigenvalue weighted by atomic mass is 9.95. The van der Waals surface area contributed by atoms with Crippen LogP contribution in [0.4, 0.5) is 4.39 Å². The van der Waals surface area contributed by atoms with E-state index in [2.05, 4.69) is 0 Å². The number of nitrogens with zero attached hydrogens (tertiary/aromatic N) is 1. The van der Waals surface area contributed by atoms with Crippen molar-refractivity contribution >= 4 is 17.4 Å². The number of rotatable bonds is 7. The number of carbonyl (C=O) groups excluding carboxylic acids is 2. The van der Waals surface area contributed by atoms with Gasteiger partial charge in [0.2, 0.25) is 0 Å². The maximum atomic E-state index is 13.4. The molecule has 0 aromatic heterocycles. The lowest BCUT2D eigenvalue weighted by Crippen LogP contribution is -2.32. The van der Waals surface area contributed by atoms with E-state index in [9.17, 15) is 19.1 Å². The first-order chi connectivity index (χ1) is 14.3. The Labute approximate surface area is 174 Å². The number of methoxy groups -OCH3 is 1. The molecule has 2 aromatic rings. The highest BCUT2D eigenvalue weighted by molar-refractivity contribution is 6.46. The Bertz CT molecular complexity index is 951. The summed E-state index contributed by atoms with van der Waals surface area (Å²) in [6, 6.07) is 11.3. The molecule has 1 aliphatic rings. The molecule has 3 rings (SSSR count). The second kappa shape index (κ2) is 9.09. The van der Waals surface area contributed by atoms with Crippen LogP contribution < -0.4 is 4.74 Å². The number of halogens is 1. The van der Waals surface area contributed by atoms with Gasteiger partial charge in [-0.1, -0.05) is 12.1 Å². The number of benzene rings is 2. The average molecular weight is 413 g/mol. The van der Waals surface area contributed by atoms with Gasteiger partial charge < -0.3 is 19.5 Å². The number of Topliss-reactive ketones (excluding diaryl/α,β-unsaturated/α-hetero) is 1. The van der Waals surface area contributed by atoms with E-state index in [4.69, 9.17) is 9.47 Å². The quantitative estimate of drug-likeness (QED) is 0.426. The first-order valence-corrected chi connectivity index (χ1v) is 9.63. The Kier molecular flexibility index (Phi) is 6.52. The van der Waals surface area contributed by atoms with Gasteiger partial charge in [0.15, 0.2) is 0 Å². The summed E-state index contributed by atoms with van der Waals surface area (Å²) in [5, 5.41) is 10.9. The highest BCUT2D eigenvalue weighted by atomic mass is 19.1. The van der Waals surface area contributed by atoms with E-state index in [-0.39, 0.29) is 30.6 Å². The minimum absolute atomic E-state index is 0.00553. The smallest absolute Gasteiger partial charge is 0.295 e. The summed E-state index contributed by atoms with van der Waals surface area (Å²) in [5.74, 6) is -1.63. The molecular formula is C23H24FNO5. The lowest BCUT2D eigenvalue weighted by Gasteiger charge is -2.25. The van der Waals surface area contributed by atoms with Gasteiger partial charge in [0.05, 0.1) is 24.3 Å². The predicted octanol–water partition coefficient (Wildman–Crippen LogP) is 3.68. The Balaban J connectivity index is 2.07. The highest BCUT2D eigenvalue weighted by Crippen LogP contribution is 2.39. The van der Waals surface area contributed by atoms with Crippen LogP contribution in [0.15, 0.2) is 54.1 Å². The molecule has 0 aliphatic carbocycles. The third-order valence-corrected chi connectivity index (χ3v) is 4.76. The summed E-state index contributed by atoms with van der Waals surface area (Å²) in [7, 11) is 1.49. The van der Waals surface area contributed by atoms with Crippen molar-refractivity contribution < 1.29 is 28.6 Å². The third kappa shape index (κ3) is 4.36. The number of hydrogen-bond donors (Lipinski definition) is 1. The molecule has 0 radical (unpaired) electrons. The van der Waals surface area contributed by atoms with Crippen LogP contribution >= 0.6 is 0 Å². The number of aliphatic hydroxyl groups excluding tert-OH is 1. The molecule has 7 heteroatoms. The maximum Gasteiger partial charge on any atom is 0.295 e. The molecule has 1 N–H and O–H groups in total. The first-order valence-electron chi connectivity index (χ1n) is 9.63. The Morgan fingerprint density at radius 2 is 1.73 bits per heavy atom. The van der Waals surface area contributed by atoms with Gasteiger partial charge in [-0.15, -0.1) is 0 Å². The standard InChI is InChI=1S/C23H24FNO5/c1-14(2)30-18-10-6-16(7-11-18)21(26)19-20(15-4-8-17(24)9-5-15)25(12-13-29-3)23(28)22(19)27/h4-11,14,20,26H,12-13H2,1-3H3/b21-19+/t20-/m1/s1. The molecule has 6 nitrogen and oxygen atoms in total. The van der Waals surface area contributed by atoms with Crippen molar-refractivity contribution in [2.45, 2.75) is 26.0 Å². The fourth-order valence-corrected chi connectivity index (χ4v) is 3.41. The molecule has 1 heterocycles. The zero-order chi connectivity index (χ0) is 21.8. The largest absolute Gasteiger partial charge is 0.507 e. The monoisotopic (exact) mass is 413 g/mol. The number of likely N-dealkylation sites (tertiary alicyclic amines) is 1. The molecule has 0 unspecified atom stereocenters. The van der Waals surface area contributed by atoms with Crippen LogP contribution in [-0.2, 0) is 14.3 Å². The number of hydrogen-bond acceptors (Lipinski definition) is 5. The Hall–Kier alpha value is -3.19. The van der Waals surface area contributed by atoms with Crippen LogP contribution in [0, 0.1) is 5.82 Å². The van der Waals surface area contributed by atoms with Crippen molar-refractivity contribution in [1.29, 1.82) is 0 Å². The zero-order valence-electron chi connectivity index (χ0n) is 17.1. The highest BCUT2D eigenvalue weighted by Gasteiger charge is 2.45. The van der Waals surface area contributed by atoms with Crippen molar-refractivity contribution in [3.05, 3.63) is 71.0 Å². The van der Waals surface area contributed by atoms with E-state index in [1.54, 1.807) is 24.3 Å². The van der Waals surface area contributed by atoms with Gasteiger partial charge in [-0.2, -0.15) is 0 Å². The zero-order valence-corrected chi connectivity index (χ0v) is 17.1. The second-order valence-electron chi connectivity index (χ2n) is 7.23. The van der Waals surface area contributed by atoms with Crippen LogP contribution in [0.25, 0.3) is 5.76 Å². The average Bonchev–Trinajstić information content (AvgIpc) is 2.97. The van der Waals surface area contributed by atoms with Crippen LogP contribution in [0.5, 0.6) is 5.75 Å². The SMILES string of the molecule is COCCN1C(=O)C(=O)/C(=C(/O)c2ccc(OC(C)C)cc2)[C@H]1c1ccc(F)cc1. The van der Waals surface area contributed by atoms with Crippen molar-refractivity contribution in [3.8, 4) is 5.75 Å². The first kappa shape index (κ1) is 21.5. The van der Waals surface area contributed by atoms with Crippen molar-refractivity contribution in [1.82, 2.24) is 4.90 Å². The summed E-state index contributed by atoms with van der Waals surface area (Å²) in [6.45, 7) is 4.17. The van der Waals surface area contributed by atoms with Crippen LogP contribution in [0.2, 0.25) is 0 Å². The topological polar surface area (TPSA) is 76.1 Å². The molecule has 2 aromatic carbocycles. The van der Waals surface area contributed by atoms with Crippen molar-refractivity contribution in [2.24, 2.45) is 0 Å². The van der Waals surface area contributed by atoms with E-state index < -0.39 is 23.5 Å². The predicted molar refractivity (Wildman–Crippen MR) is 109 cm³/mol. The second-order valence-corrected chi connectivity index (χ2v) is 7.23. The van der Waals surface area contributed by atoms with Gasteiger partial charge in [-0.3, -0.25) is 9.59 Å². The van der Waals surface area contributed by atoms with Crippen molar-refractivity contribution in [3.63, 3.8) is 0 Å². The van der Waals surface area contributed by atoms with E-state index in [1.165, 1.54) is 36.3 Å². The number of aliphatic hydroxyl groups is 1. The fourth-order valence-electron chi connectivity index (χ4n) is 3.41. The van der Waals surface area contributed by atoms with Gasteiger partial charge in [-0.25, -0.2) is 4.39 Å². The van der Waals surface area contributed by atoms with E-state index in [0.717, 1.165) is 0 Å². The number of amides is 1. The molecule has 1 saturated heterocycles. The molecule has 1 aliphatic heterocycles. The van der Waals surface area contributed by atoms with Gasteiger partial charge >= 0.3 is 0 Å². The molecule has 158 valence electrons. The number of ketones is 1. The van der Waals surface area contributed by atoms with Crippen LogP contribution in [-0.4, -0.2) is 48.1 Å². The van der Waals surface area contributed by atoms with Gasteiger partial charge in [-0.05, 0) is 55.8 Å². The van der Waals surface area contributed by atoms with Crippen LogP contribution in [0.3, 0.4) is 0 Å². The van der Waals surface area contributed by atoms with E-state index >= 15 is 0 Å². The van der Waals surface area contributed by atoms with Crippen molar-refractivity contribution in [2.75, 3.05) is 20.3 Å². The molecule has 0 spiro atoms. The lowest BCUT2D eigenvalue weighted by molar-refractivity contribution is -0.140. The Morgan fingerprint density at radius 3 is 2.30 bits per heavy atom. The Morgan fingerprint density at radius 1 is 1.10 bits per heavy atom. The summed E-state index contributed by atoms with van der Waals surface area (Å²) in [5.41, 5.74) is 0.858. The van der Waals surface area contributed by atoms with Gasteiger partial charge in [0, 0.05) is 19.2 Å². The third-order valence-electron chi connectivity index (χ3n) is 4.76. The summed E-state index contributed by atoms with van der Waals surface area (Å²) in [6.07, 6.45) is -0.00553. The normalized spacial score (nSPS) is 18.3. The molecule has 1 fully saturated rings. The minimum atomic E-state index is -0.840. The summed E-state index contributed by atoms with van der Waals surface area (Å²) < 4.78 is 24.1. The number of carbonyl (C=O) groups is 2. The fraction of sp³-hybridized carbons (Fsp3) is 0.304. The van der Waals surface area contributed by atoms with E-state index in [1.807, 2.05) is 13.8 Å². The molecule has 0 bridgehead atoms.